The summed E-state index contributed by atoms with van der Waals surface area (Å²) in [6.45, 7) is 1.77. The molecule has 1 aliphatic heterocycles. The highest BCUT2D eigenvalue weighted by Gasteiger charge is 2.19. The minimum absolute atomic E-state index is 0.00167. The molecule has 0 radical (unpaired) electrons. The average Bonchev–Trinajstić information content (AvgIpc) is 2.46. The Kier molecular flexibility index (Phi) is 1.75. The summed E-state index contributed by atoms with van der Waals surface area (Å²) >= 11 is 0. The Labute approximate surface area is 71.6 Å². The molecule has 0 spiro atoms. The number of halogens is 1. The van der Waals surface area contributed by atoms with Crippen LogP contribution < -0.4 is 5.32 Å². The van der Waals surface area contributed by atoms with Gasteiger partial charge in [0.2, 0.25) is 0 Å². The lowest BCUT2D eigenvalue weighted by Gasteiger charge is -2.03. The van der Waals surface area contributed by atoms with Crippen LogP contribution in [0.25, 0.3) is 0 Å². The van der Waals surface area contributed by atoms with Gasteiger partial charge < -0.3 is 5.32 Å². The fourth-order valence-corrected chi connectivity index (χ4v) is 1.66. The number of benzene rings is 1. The molecule has 12 heavy (non-hydrogen) atoms. The molecule has 0 saturated heterocycles. The van der Waals surface area contributed by atoms with Gasteiger partial charge in [0.1, 0.15) is 6.67 Å². The molecule has 1 unspecified atom stereocenters. The molecule has 1 heterocycles. The maximum atomic E-state index is 12.3. The van der Waals surface area contributed by atoms with Crippen molar-refractivity contribution in [3.05, 3.63) is 29.3 Å². The van der Waals surface area contributed by atoms with Gasteiger partial charge in [-0.1, -0.05) is 17.7 Å². The van der Waals surface area contributed by atoms with E-state index in [9.17, 15) is 4.39 Å². The third-order valence-corrected chi connectivity index (χ3v) is 2.27. The first-order chi connectivity index (χ1) is 5.79. The van der Waals surface area contributed by atoms with Crippen LogP contribution in [0.5, 0.6) is 0 Å². The Morgan fingerprint density at radius 1 is 1.58 bits per heavy atom. The van der Waals surface area contributed by atoms with Crippen LogP contribution >= 0.6 is 0 Å². The maximum Gasteiger partial charge on any atom is 0.110 e. The van der Waals surface area contributed by atoms with Gasteiger partial charge in [-0.3, -0.25) is 0 Å². The smallest absolute Gasteiger partial charge is 0.110 e. The molecule has 1 atom stereocenters. The van der Waals surface area contributed by atoms with E-state index >= 15 is 0 Å². The molecule has 1 nitrogen and oxygen atoms in total. The molecule has 1 aromatic carbocycles. The highest BCUT2D eigenvalue weighted by molar-refractivity contribution is 5.57. The Morgan fingerprint density at radius 3 is 3.17 bits per heavy atom. The fraction of sp³-hybridized carbons (Fsp3) is 0.400. The number of hydrogen-bond acceptors (Lipinski definition) is 1. The van der Waals surface area contributed by atoms with Crippen molar-refractivity contribution < 1.29 is 4.39 Å². The van der Waals surface area contributed by atoms with Crippen LogP contribution in [-0.2, 0) is 6.42 Å². The predicted molar refractivity (Wildman–Crippen MR) is 48.3 cm³/mol. The van der Waals surface area contributed by atoms with E-state index in [1.54, 1.807) is 0 Å². The molecule has 1 N–H and O–H groups in total. The van der Waals surface area contributed by atoms with Gasteiger partial charge in [-0.15, -0.1) is 0 Å². The van der Waals surface area contributed by atoms with E-state index in [0.717, 1.165) is 12.1 Å². The first kappa shape index (κ1) is 7.59. The molecule has 1 aliphatic rings. The van der Waals surface area contributed by atoms with Crippen LogP contribution in [0.3, 0.4) is 0 Å². The van der Waals surface area contributed by atoms with Crippen molar-refractivity contribution in [3.8, 4) is 0 Å². The van der Waals surface area contributed by atoms with Crippen molar-refractivity contribution >= 4 is 5.69 Å². The minimum atomic E-state index is -0.284. The average molecular weight is 165 g/mol. The highest BCUT2D eigenvalue weighted by Crippen LogP contribution is 2.26. The first-order valence-electron chi connectivity index (χ1n) is 4.21. The van der Waals surface area contributed by atoms with Crippen molar-refractivity contribution in [1.82, 2.24) is 0 Å². The number of rotatable bonds is 1. The number of fused-ring (bicyclic) bond motifs is 1. The zero-order valence-corrected chi connectivity index (χ0v) is 7.10. The van der Waals surface area contributed by atoms with Gasteiger partial charge >= 0.3 is 0 Å². The molecule has 0 amide bonds. The van der Waals surface area contributed by atoms with Crippen LogP contribution in [0.15, 0.2) is 18.2 Å². The van der Waals surface area contributed by atoms with Gasteiger partial charge in [0.15, 0.2) is 0 Å². The summed E-state index contributed by atoms with van der Waals surface area (Å²) in [6, 6.07) is 6.20. The number of nitrogens with one attached hydrogen (secondary N) is 1. The van der Waals surface area contributed by atoms with Crippen molar-refractivity contribution in [3.63, 3.8) is 0 Å². The minimum Gasteiger partial charge on any atom is -0.379 e. The van der Waals surface area contributed by atoms with Gasteiger partial charge in [-0.2, -0.15) is 0 Å². The van der Waals surface area contributed by atoms with E-state index in [-0.39, 0.29) is 12.7 Å². The van der Waals surface area contributed by atoms with E-state index in [4.69, 9.17) is 0 Å². The van der Waals surface area contributed by atoms with Crippen molar-refractivity contribution in [2.75, 3.05) is 12.0 Å². The summed E-state index contributed by atoms with van der Waals surface area (Å²) in [5.41, 5.74) is 3.59. The van der Waals surface area contributed by atoms with E-state index in [1.165, 1.54) is 11.1 Å². The summed E-state index contributed by atoms with van der Waals surface area (Å²) in [4.78, 5) is 0. The third-order valence-electron chi connectivity index (χ3n) is 2.27. The van der Waals surface area contributed by atoms with E-state index in [1.807, 2.05) is 12.1 Å². The van der Waals surface area contributed by atoms with E-state index in [0.29, 0.717) is 0 Å². The molecule has 0 aromatic heterocycles. The maximum absolute atomic E-state index is 12.3. The highest BCUT2D eigenvalue weighted by atomic mass is 19.1. The lowest BCUT2D eigenvalue weighted by Crippen LogP contribution is -2.16. The summed E-state index contributed by atoms with van der Waals surface area (Å²) in [5.74, 6) is 0. The van der Waals surface area contributed by atoms with Gasteiger partial charge in [0.05, 0.1) is 6.04 Å². The SMILES string of the molecule is Cc1ccc2c(c1)CC(CF)N2. The van der Waals surface area contributed by atoms with Crippen LogP contribution in [-0.4, -0.2) is 12.7 Å². The number of aryl methyl sites for hydroxylation is 1. The summed E-state index contributed by atoms with van der Waals surface area (Å²) in [5, 5.41) is 3.14. The molecule has 1 aromatic rings. The Balaban J connectivity index is 2.30. The monoisotopic (exact) mass is 165 g/mol. The Morgan fingerprint density at radius 2 is 2.42 bits per heavy atom. The third kappa shape index (κ3) is 1.17. The second kappa shape index (κ2) is 2.77. The molecular weight excluding hydrogens is 153 g/mol. The van der Waals surface area contributed by atoms with Crippen molar-refractivity contribution in [1.29, 1.82) is 0 Å². The molecule has 0 aliphatic carbocycles. The zero-order chi connectivity index (χ0) is 8.55. The Bertz CT molecular complexity index is 296. The standard InChI is InChI=1S/C10H12FN/c1-7-2-3-10-8(4-7)5-9(6-11)12-10/h2-4,9,12H,5-6H2,1H3. The van der Waals surface area contributed by atoms with Gasteiger partial charge in [-0.05, 0) is 25.0 Å². The fourth-order valence-electron chi connectivity index (χ4n) is 1.66. The molecule has 0 saturated carbocycles. The van der Waals surface area contributed by atoms with Gasteiger partial charge in [0.25, 0.3) is 0 Å². The Hall–Kier alpha value is -1.05. The van der Waals surface area contributed by atoms with Gasteiger partial charge in [0, 0.05) is 5.69 Å². The molecular formula is C10H12FN. The molecule has 64 valence electrons. The predicted octanol–water partition coefficient (Wildman–Crippen LogP) is 2.30. The quantitative estimate of drug-likeness (QED) is 0.673. The lowest BCUT2D eigenvalue weighted by atomic mass is 10.1. The second-order valence-corrected chi connectivity index (χ2v) is 3.36. The lowest BCUT2D eigenvalue weighted by molar-refractivity contribution is 0.450. The van der Waals surface area contributed by atoms with E-state index < -0.39 is 0 Å². The number of hydrogen-bond donors (Lipinski definition) is 1. The molecule has 0 bridgehead atoms. The van der Waals surface area contributed by atoms with Crippen LogP contribution in [0.2, 0.25) is 0 Å². The molecule has 2 rings (SSSR count). The van der Waals surface area contributed by atoms with Crippen LogP contribution in [0.1, 0.15) is 11.1 Å². The normalized spacial score (nSPS) is 20.3. The second-order valence-electron chi connectivity index (χ2n) is 3.36. The van der Waals surface area contributed by atoms with E-state index in [2.05, 4.69) is 18.3 Å². The zero-order valence-electron chi connectivity index (χ0n) is 7.10. The number of anilines is 1. The summed E-state index contributed by atoms with van der Waals surface area (Å²) < 4.78 is 12.3. The number of alkyl halides is 1. The summed E-state index contributed by atoms with van der Waals surface area (Å²) in [6.07, 6.45) is 0.827. The first-order valence-corrected chi connectivity index (χ1v) is 4.21. The summed E-state index contributed by atoms with van der Waals surface area (Å²) in [7, 11) is 0. The van der Waals surface area contributed by atoms with Crippen LogP contribution in [0, 0.1) is 6.92 Å². The molecule has 0 fully saturated rings. The molecule has 2 heteroatoms. The van der Waals surface area contributed by atoms with Gasteiger partial charge in [-0.25, -0.2) is 4.39 Å². The van der Waals surface area contributed by atoms with Crippen molar-refractivity contribution in [2.24, 2.45) is 0 Å². The topological polar surface area (TPSA) is 12.0 Å². The van der Waals surface area contributed by atoms with Crippen molar-refractivity contribution in [2.45, 2.75) is 19.4 Å². The largest absolute Gasteiger partial charge is 0.379 e. The van der Waals surface area contributed by atoms with Crippen LogP contribution in [0.4, 0.5) is 10.1 Å².